The van der Waals surface area contributed by atoms with Crippen LogP contribution in [0.5, 0.6) is 5.75 Å². The molecule has 0 aliphatic carbocycles. The maximum atomic E-state index is 12.0. The topological polar surface area (TPSA) is 50.4 Å². The van der Waals surface area contributed by atoms with E-state index >= 15 is 0 Å². The van der Waals surface area contributed by atoms with Crippen molar-refractivity contribution in [3.05, 3.63) is 40.4 Å². The Morgan fingerprint density at radius 1 is 1.50 bits per heavy atom. The molecular weight excluding hydrogens is 320 g/mol. The van der Waals surface area contributed by atoms with Crippen LogP contribution in [-0.4, -0.2) is 31.6 Å². The molecule has 1 aliphatic heterocycles. The van der Waals surface area contributed by atoms with Crippen molar-refractivity contribution in [1.82, 2.24) is 10.6 Å². The van der Waals surface area contributed by atoms with Crippen LogP contribution in [0.1, 0.15) is 13.3 Å². The molecule has 1 heterocycles. The molecule has 1 amide bonds. The standard InChI is InChI=1S/C15H19BrN2O2/c1-11(20-14-5-3-2-4-13(14)16)15(19)18-10-12-6-8-17-9-7-12/h2-6,11,17H,7-10H2,1H3,(H,18,19). The highest BCUT2D eigenvalue weighted by atomic mass is 79.9. The van der Waals surface area contributed by atoms with Crippen molar-refractivity contribution in [2.24, 2.45) is 0 Å². The molecule has 0 saturated heterocycles. The molecule has 0 radical (unpaired) electrons. The Labute approximate surface area is 127 Å². The SMILES string of the molecule is CC(Oc1ccccc1Br)C(=O)NCC1=CCNCC1. The maximum absolute atomic E-state index is 12.0. The van der Waals surface area contributed by atoms with Crippen LogP contribution in [0.4, 0.5) is 0 Å². The van der Waals surface area contributed by atoms with Crippen molar-refractivity contribution in [3.63, 3.8) is 0 Å². The van der Waals surface area contributed by atoms with Gasteiger partial charge in [0.15, 0.2) is 6.10 Å². The number of carbonyl (C=O) groups excluding carboxylic acids is 1. The van der Waals surface area contributed by atoms with Crippen LogP contribution < -0.4 is 15.4 Å². The molecule has 2 rings (SSSR count). The monoisotopic (exact) mass is 338 g/mol. The van der Waals surface area contributed by atoms with E-state index in [9.17, 15) is 4.79 Å². The summed E-state index contributed by atoms with van der Waals surface area (Å²) in [6, 6.07) is 7.51. The third-order valence-corrected chi connectivity index (χ3v) is 3.81. The molecule has 1 unspecified atom stereocenters. The Kier molecular flexibility index (Phi) is 5.61. The summed E-state index contributed by atoms with van der Waals surface area (Å²) in [5.41, 5.74) is 1.27. The second-order valence-corrected chi connectivity index (χ2v) is 5.58. The molecule has 2 N–H and O–H groups in total. The minimum atomic E-state index is -0.518. The molecule has 4 nitrogen and oxygen atoms in total. The van der Waals surface area contributed by atoms with E-state index in [1.807, 2.05) is 24.3 Å². The van der Waals surface area contributed by atoms with Gasteiger partial charge in [-0.1, -0.05) is 23.8 Å². The second-order valence-electron chi connectivity index (χ2n) is 4.72. The first-order valence-electron chi connectivity index (χ1n) is 6.74. The lowest BCUT2D eigenvalue weighted by Gasteiger charge is -2.18. The van der Waals surface area contributed by atoms with Gasteiger partial charge in [-0.3, -0.25) is 4.79 Å². The lowest BCUT2D eigenvalue weighted by Crippen LogP contribution is -2.38. The normalized spacial score (nSPS) is 16.2. The summed E-state index contributed by atoms with van der Waals surface area (Å²) in [6.45, 7) is 4.22. The number of amides is 1. The van der Waals surface area contributed by atoms with Gasteiger partial charge >= 0.3 is 0 Å². The molecule has 1 aromatic carbocycles. The van der Waals surface area contributed by atoms with Crippen LogP contribution in [0.15, 0.2) is 40.4 Å². The number of rotatable bonds is 5. The summed E-state index contributed by atoms with van der Waals surface area (Å²) in [7, 11) is 0. The molecule has 0 aromatic heterocycles. The zero-order valence-electron chi connectivity index (χ0n) is 11.5. The summed E-state index contributed by atoms with van der Waals surface area (Å²) in [4.78, 5) is 12.0. The highest BCUT2D eigenvalue weighted by Gasteiger charge is 2.16. The van der Waals surface area contributed by atoms with Crippen molar-refractivity contribution in [2.45, 2.75) is 19.4 Å². The summed E-state index contributed by atoms with van der Waals surface area (Å²) >= 11 is 3.40. The summed E-state index contributed by atoms with van der Waals surface area (Å²) in [5.74, 6) is 0.580. The maximum Gasteiger partial charge on any atom is 0.261 e. The third kappa shape index (κ3) is 4.35. The van der Waals surface area contributed by atoms with Gasteiger partial charge in [-0.05, 0) is 48.0 Å². The van der Waals surface area contributed by atoms with E-state index in [0.29, 0.717) is 12.3 Å². The smallest absolute Gasteiger partial charge is 0.261 e. The largest absolute Gasteiger partial charge is 0.480 e. The Morgan fingerprint density at radius 3 is 3.00 bits per heavy atom. The quantitative estimate of drug-likeness (QED) is 0.809. The predicted molar refractivity (Wildman–Crippen MR) is 82.8 cm³/mol. The van der Waals surface area contributed by atoms with Crippen molar-refractivity contribution in [2.75, 3.05) is 19.6 Å². The summed E-state index contributed by atoms with van der Waals surface area (Å²) in [5, 5.41) is 6.16. The first kappa shape index (κ1) is 15.1. The molecule has 1 aliphatic rings. The lowest BCUT2D eigenvalue weighted by molar-refractivity contribution is -0.127. The second kappa shape index (κ2) is 7.45. The fraction of sp³-hybridized carbons (Fsp3) is 0.400. The highest BCUT2D eigenvalue weighted by Crippen LogP contribution is 2.24. The first-order valence-corrected chi connectivity index (χ1v) is 7.53. The number of para-hydroxylation sites is 1. The van der Waals surface area contributed by atoms with Gasteiger partial charge in [0.25, 0.3) is 5.91 Å². The molecule has 1 aromatic rings. The van der Waals surface area contributed by atoms with E-state index < -0.39 is 6.10 Å². The minimum Gasteiger partial charge on any atom is -0.480 e. The van der Waals surface area contributed by atoms with E-state index in [1.165, 1.54) is 5.57 Å². The average molecular weight is 339 g/mol. The summed E-state index contributed by atoms with van der Waals surface area (Å²) < 4.78 is 6.50. The van der Waals surface area contributed by atoms with Crippen molar-refractivity contribution >= 4 is 21.8 Å². The van der Waals surface area contributed by atoms with Gasteiger partial charge in [-0.25, -0.2) is 0 Å². The molecule has 1 atom stereocenters. The number of benzene rings is 1. The summed E-state index contributed by atoms with van der Waals surface area (Å²) in [6.07, 6.45) is 2.60. The number of ether oxygens (including phenoxy) is 1. The zero-order valence-corrected chi connectivity index (χ0v) is 13.1. The predicted octanol–water partition coefficient (Wildman–Crippen LogP) is 2.25. The van der Waals surface area contributed by atoms with Gasteiger partial charge in [0.05, 0.1) is 4.47 Å². The van der Waals surface area contributed by atoms with Crippen LogP contribution in [-0.2, 0) is 4.79 Å². The van der Waals surface area contributed by atoms with E-state index in [1.54, 1.807) is 6.92 Å². The Balaban J connectivity index is 1.83. The molecule has 0 bridgehead atoms. The van der Waals surface area contributed by atoms with Crippen molar-refractivity contribution < 1.29 is 9.53 Å². The third-order valence-electron chi connectivity index (χ3n) is 3.16. The Morgan fingerprint density at radius 2 is 2.30 bits per heavy atom. The van der Waals surface area contributed by atoms with Crippen LogP contribution in [0.3, 0.4) is 0 Å². The lowest BCUT2D eigenvalue weighted by atomic mass is 10.1. The van der Waals surface area contributed by atoms with Crippen LogP contribution >= 0.6 is 15.9 Å². The number of nitrogens with one attached hydrogen (secondary N) is 2. The van der Waals surface area contributed by atoms with E-state index in [4.69, 9.17) is 4.74 Å². The number of hydrogen-bond acceptors (Lipinski definition) is 3. The fourth-order valence-corrected chi connectivity index (χ4v) is 2.34. The number of hydrogen-bond donors (Lipinski definition) is 2. The van der Waals surface area contributed by atoms with E-state index in [2.05, 4.69) is 32.6 Å². The van der Waals surface area contributed by atoms with Gasteiger partial charge in [0, 0.05) is 13.1 Å². The van der Waals surface area contributed by atoms with Crippen molar-refractivity contribution in [3.8, 4) is 5.75 Å². The van der Waals surface area contributed by atoms with Gasteiger partial charge in [0.2, 0.25) is 0 Å². The van der Waals surface area contributed by atoms with Crippen LogP contribution in [0.25, 0.3) is 0 Å². The van der Waals surface area contributed by atoms with Gasteiger partial charge < -0.3 is 15.4 Å². The molecule has 0 spiro atoms. The van der Waals surface area contributed by atoms with Gasteiger partial charge in [-0.15, -0.1) is 0 Å². The molecular formula is C15H19BrN2O2. The molecule has 0 fully saturated rings. The van der Waals surface area contributed by atoms with E-state index in [0.717, 1.165) is 24.0 Å². The van der Waals surface area contributed by atoms with Crippen LogP contribution in [0.2, 0.25) is 0 Å². The zero-order chi connectivity index (χ0) is 14.4. The molecule has 5 heteroatoms. The highest BCUT2D eigenvalue weighted by molar-refractivity contribution is 9.10. The van der Waals surface area contributed by atoms with Gasteiger partial charge in [-0.2, -0.15) is 0 Å². The minimum absolute atomic E-state index is 0.0971. The molecule has 0 saturated carbocycles. The van der Waals surface area contributed by atoms with Crippen LogP contribution in [0, 0.1) is 0 Å². The Bertz CT molecular complexity index is 502. The number of halogens is 1. The van der Waals surface area contributed by atoms with Gasteiger partial charge in [0.1, 0.15) is 5.75 Å². The Hall–Kier alpha value is -1.33. The first-order chi connectivity index (χ1) is 9.66. The number of carbonyl (C=O) groups is 1. The van der Waals surface area contributed by atoms with Crippen molar-refractivity contribution in [1.29, 1.82) is 0 Å². The fourth-order valence-electron chi connectivity index (χ4n) is 1.96. The molecule has 108 valence electrons. The average Bonchev–Trinajstić information content (AvgIpc) is 2.48. The van der Waals surface area contributed by atoms with E-state index in [-0.39, 0.29) is 5.91 Å². The molecule has 20 heavy (non-hydrogen) atoms.